The molecule has 0 aromatic heterocycles. The van der Waals surface area contributed by atoms with E-state index in [1.807, 2.05) is 0 Å². The third-order valence-electron chi connectivity index (χ3n) is 2.89. The van der Waals surface area contributed by atoms with Gasteiger partial charge in [-0.25, -0.2) is 8.78 Å². The Hall–Kier alpha value is -1.49. The molecule has 2 rings (SSSR count). The van der Waals surface area contributed by atoms with Gasteiger partial charge in [0.1, 0.15) is 11.6 Å². The lowest BCUT2D eigenvalue weighted by molar-refractivity contribution is 0.510. The van der Waals surface area contributed by atoms with Crippen LogP contribution in [-0.4, -0.2) is 0 Å². The molecule has 2 nitrogen and oxygen atoms in total. The highest BCUT2D eigenvalue weighted by molar-refractivity contribution is 6.30. The summed E-state index contributed by atoms with van der Waals surface area (Å²) in [6.45, 7) is 0. The zero-order valence-electron chi connectivity index (χ0n) is 10.0. The molecular weight excluding hydrogens is 270 g/mol. The molecule has 0 saturated heterocycles. The predicted octanol–water partition coefficient (Wildman–Crippen LogP) is 3.37. The average molecular weight is 283 g/mol. The highest BCUT2D eigenvalue weighted by Crippen LogP contribution is 2.23. The van der Waals surface area contributed by atoms with Crippen molar-refractivity contribution >= 4 is 11.6 Å². The van der Waals surface area contributed by atoms with Gasteiger partial charge < -0.3 is 0 Å². The first-order valence-electron chi connectivity index (χ1n) is 5.75. The molecular formula is C14H13ClF2N2. The van der Waals surface area contributed by atoms with Crippen LogP contribution in [0.25, 0.3) is 0 Å². The van der Waals surface area contributed by atoms with Crippen LogP contribution < -0.4 is 11.3 Å². The maximum absolute atomic E-state index is 13.8. The molecule has 0 fully saturated rings. The van der Waals surface area contributed by atoms with E-state index in [0.717, 1.165) is 5.56 Å². The Bertz CT molecular complexity index is 558. The van der Waals surface area contributed by atoms with Gasteiger partial charge in [0.15, 0.2) is 0 Å². The van der Waals surface area contributed by atoms with Crippen LogP contribution in [0.15, 0.2) is 42.5 Å². The van der Waals surface area contributed by atoms with Crippen LogP contribution in [0, 0.1) is 11.6 Å². The van der Waals surface area contributed by atoms with E-state index < -0.39 is 11.9 Å². The van der Waals surface area contributed by atoms with Crippen molar-refractivity contribution in [1.29, 1.82) is 0 Å². The Kier molecular flexibility index (Phi) is 4.47. The van der Waals surface area contributed by atoms with Gasteiger partial charge in [-0.2, -0.15) is 0 Å². The van der Waals surface area contributed by atoms with Gasteiger partial charge in [0.05, 0.1) is 6.04 Å². The minimum Gasteiger partial charge on any atom is -0.271 e. The van der Waals surface area contributed by atoms with Crippen molar-refractivity contribution in [3.8, 4) is 0 Å². The largest absolute Gasteiger partial charge is 0.271 e. The lowest BCUT2D eigenvalue weighted by Gasteiger charge is -2.17. The fourth-order valence-electron chi connectivity index (χ4n) is 1.90. The molecule has 2 aromatic rings. The number of nitrogens with two attached hydrogens (primary N) is 1. The predicted molar refractivity (Wildman–Crippen MR) is 71.6 cm³/mol. The van der Waals surface area contributed by atoms with Crippen LogP contribution in [0.1, 0.15) is 17.2 Å². The highest BCUT2D eigenvalue weighted by Gasteiger charge is 2.15. The Morgan fingerprint density at radius 2 is 1.79 bits per heavy atom. The van der Waals surface area contributed by atoms with Crippen LogP contribution >= 0.6 is 11.6 Å². The Morgan fingerprint density at radius 1 is 1.11 bits per heavy atom. The number of rotatable bonds is 4. The molecule has 0 saturated carbocycles. The van der Waals surface area contributed by atoms with Gasteiger partial charge in [0.2, 0.25) is 0 Å². The first-order chi connectivity index (χ1) is 9.10. The lowest BCUT2D eigenvalue weighted by atomic mass is 9.99. The summed E-state index contributed by atoms with van der Waals surface area (Å²) in [5.74, 6) is 4.74. The second-order valence-electron chi connectivity index (χ2n) is 4.22. The number of hydrogen-bond donors (Lipinski definition) is 2. The third-order valence-corrected chi connectivity index (χ3v) is 3.13. The summed E-state index contributed by atoms with van der Waals surface area (Å²) in [5.41, 5.74) is 3.85. The monoisotopic (exact) mass is 282 g/mol. The zero-order valence-corrected chi connectivity index (χ0v) is 10.8. The molecule has 19 heavy (non-hydrogen) atoms. The second kappa shape index (κ2) is 6.10. The van der Waals surface area contributed by atoms with E-state index in [2.05, 4.69) is 5.43 Å². The van der Waals surface area contributed by atoms with Crippen LogP contribution in [-0.2, 0) is 6.42 Å². The fourth-order valence-corrected chi connectivity index (χ4v) is 2.06. The first-order valence-corrected chi connectivity index (χ1v) is 6.13. The molecule has 0 spiro atoms. The summed E-state index contributed by atoms with van der Waals surface area (Å²) >= 11 is 5.71. The van der Waals surface area contributed by atoms with Crippen LogP contribution in [0.4, 0.5) is 8.78 Å². The van der Waals surface area contributed by atoms with Crippen LogP contribution in [0.5, 0.6) is 0 Å². The van der Waals surface area contributed by atoms with Crippen molar-refractivity contribution in [2.24, 2.45) is 5.84 Å². The molecule has 2 aromatic carbocycles. The Balaban J connectivity index is 2.22. The molecule has 0 bridgehead atoms. The maximum atomic E-state index is 13.8. The topological polar surface area (TPSA) is 38.0 Å². The third kappa shape index (κ3) is 3.50. The second-order valence-corrected chi connectivity index (χ2v) is 4.65. The minimum atomic E-state index is -0.419. The number of halogens is 3. The number of hydrazine groups is 1. The number of benzene rings is 2. The highest BCUT2D eigenvalue weighted by atomic mass is 35.5. The Labute approximate surface area is 115 Å². The molecule has 0 heterocycles. The van der Waals surface area contributed by atoms with E-state index in [4.69, 9.17) is 17.4 Å². The van der Waals surface area contributed by atoms with Gasteiger partial charge in [-0.3, -0.25) is 11.3 Å². The van der Waals surface area contributed by atoms with Gasteiger partial charge in [-0.05, 0) is 36.2 Å². The quantitative estimate of drug-likeness (QED) is 0.666. The van der Waals surface area contributed by atoms with Gasteiger partial charge in [-0.1, -0.05) is 29.8 Å². The molecule has 3 N–H and O–H groups in total. The van der Waals surface area contributed by atoms with E-state index in [9.17, 15) is 8.78 Å². The van der Waals surface area contributed by atoms with E-state index in [-0.39, 0.29) is 5.82 Å². The fraction of sp³-hybridized carbons (Fsp3) is 0.143. The summed E-state index contributed by atoms with van der Waals surface area (Å²) in [7, 11) is 0. The SMILES string of the molecule is NNC(Cc1ccc(F)cc1)c1ccc(Cl)cc1F. The van der Waals surface area contributed by atoms with Gasteiger partial charge >= 0.3 is 0 Å². The van der Waals surface area contributed by atoms with Crippen molar-refractivity contribution < 1.29 is 8.78 Å². The average Bonchev–Trinajstić information content (AvgIpc) is 2.39. The van der Waals surface area contributed by atoms with Crippen molar-refractivity contribution in [3.05, 3.63) is 70.2 Å². The smallest absolute Gasteiger partial charge is 0.129 e. The zero-order chi connectivity index (χ0) is 13.8. The summed E-state index contributed by atoms with van der Waals surface area (Å²) < 4.78 is 26.6. The molecule has 100 valence electrons. The lowest BCUT2D eigenvalue weighted by Crippen LogP contribution is -2.30. The Morgan fingerprint density at radius 3 is 2.37 bits per heavy atom. The molecule has 1 unspecified atom stereocenters. The summed E-state index contributed by atoms with van der Waals surface area (Å²) in [6, 6.07) is 10.1. The number of hydrogen-bond acceptors (Lipinski definition) is 2. The van der Waals surface area contributed by atoms with E-state index in [0.29, 0.717) is 17.0 Å². The van der Waals surface area contributed by atoms with Gasteiger partial charge in [0, 0.05) is 10.6 Å². The molecule has 0 aliphatic carbocycles. The molecule has 0 aliphatic rings. The minimum absolute atomic E-state index is 0.307. The maximum Gasteiger partial charge on any atom is 0.129 e. The summed E-state index contributed by atoms with van der Waals surface area (Å²) in [5, 5.41) is 0.332. The molecule has 5 heteroatoms. The standard InChI is InChI=1S/C14H13ClF2N2/c15-10-3-6-12(13(17)8-10)14(19-18)7-9-1-4-11(16)5-2-9/h1-6,8,14,19H,7,18H2. The van der Waals surface area contributed by atoms with E-state index in [1.165, 1.54) is 18.2 Å². The molecule has 1 atom stereocenters. The molecule has 0 aliphatic heterocycles. The summed E-state index contributed by atoms with van der Waals surface area (Å²) in [4.78, 5) is 0. The van der Waals surface area contributed by atoms with E-state index in [1.54, 1.807) is 24.3 Å². The van der Waals surface area contributed by atoms with Gasteiger partial charge in [-0.15, -0.1) is 0 Å². The molecule has 0 radical (unpaired) electrons. The van der Waals surface area contributed by atoms with Crippen molar-refractivity contribution in [3.63, 3.8) is 0 Å². The van der Waals surface area contributed by atoms with Crippen molar-refractivity contribution in [2.45, 2.75) is 12.5 Å². The number of nitrogens with one attached hydrogen (secondary N) is 1. The normalized spacial score (nSPS) is 12.4. The first kappa shape index (κ1) is 13.9. The van der Waals surface area contributed by atoms with Crippen molar-refractivity contribution in [1.82, 2.24) is 5.43 Å². The van der Waals surface area contributed by atoms with Crippen molar-refractivity contribution in [2.75, 3.05) is 0 Å². The molecule has 0 amide bonds. The van der Waals surface area contributed by atoms with Gasteiger partial charge in [0.25, 0.3) is 0 Å². The van der Waals surface area contributed by atoms with Crippen LogP contribution in [0.2, 0.25) is 5.02 Å². The van der Waals surface area contributed by atoms with E-state index >= 15 is 0 Å². The van der Waals surface area contributed by atoms with Crippen LogP contribution in [0.3, 0.4) is 0 Å². The summed E-state index contributed by atoms with van der Waals surface area (Å²) in [6.07, 6.45) is 0.454.